The normalized spacial score (nSPS) is 15.3. The van der Waals surface area contributed by atoms with Crippen LogP contribution in [0.15, 0.2) is 24.3 Å². The minimum absolute atomic E-state index is 0.0627. The molecule has 0 atom stereocenters. The van der Waals surface area contributed by atoms with E-state index >= 15 is 0 Å². The van der Waals surface area contributed by atoms with Crippen LogP contribution in [0.1, 0.15) is 37.7 Å². The second-order valence-corrected chi connectivity index (χ2v) is 5.43. The first-order chi connectivity index (χ1) is 10.1. The van der Waals surface area contributed by atoms with Crippen LogP contribution in [0.3, 0.4) is 0 Å². The average molecular weight is 290 g/mol. The third-order valence-corrected chi connectivity index (χ3v) is 3.70. The summed E-state index contributed by atoms with van der Waals surface area (Å²) in [6, 6.07) is 7.34. The summed E-state index contributed by atoms with van der Waals surface area (Å²) in [5.74, 6) is -0.811. The lowest BCUT2D eigenvalue weighted by Crippen LogP contribution is -2.35. The van der Waals surface area contributed by atoms with Gasteiger partial charge in [-0.3, -0.25) is 4.79 Å². The minimum Gasteiger partial charge on any atom is -0.481 e. The van der Waals surface area contributed by atoms with E-state index in [0.29, 0.717) is 6.42 Å². The Bertz CT molecular complexity index is 494. The number of aryl methyl sites for hydroxylation is 1. The molecule has 1 aromatic rings. The van der Waals surface area contributed by atoms with E-state index in [1.54, 1.807) is 0 Å². The van der Waals surface area contributed by atoms with Gasteiger partial charge in [-0.1, -0.05) is 25.0 Å². The molecule has 0 unspecified atom stereocenters. The summed E-state index contributed by atoms with van der Waals surface area (Å²) in [5.41, 5.74) is 1.65. The molecule has 0 spiro atoms. The summed E-state index contributed by atoms with van der Waals surface area (Å²) >= 11 is 0. The summed E-state index contributed by atoms with van der Waals surface area (Å²) in [6.07, 6.45) is 5.08. The molecule has 2 rings (SSSR count). The summed E-state index contributed by atoms with van der Waals surface area (Å²) < 4.78 is 0. The topological polar surface area (TPSA) is 69.6 Å². The summed E-state index contributed by atoms with van der Waals surface area (Å²) in [5, 5.41) is 11.6. The Morgan fingerprint density at radius 1 is 1.14 bits per heavy atom. The molecule has 114 valence electrons. The molecule has 1 heterocycles. The monoisotopic (exact) mass is 290 g/mol. The number of likely N-dealkylation sites (tertiary alicyclic amines) is 1. The van der Waals surface area contributed by atoms with E-state index in [9.17, 15) is 9.59 Å². The molecule has 1 saturated heterocycles. The molecule has 1 aliphatic heterocycles. The van der Waals surface area contributed by atoms with Gasteiger partial charge in [0, 0.05) is 25.2 Å². The van der Waals surface area contributed by atoms with Gasteiger partial charge >= 0.3 is 12.0 Å². The van der Waals surface area contributed by atoms with Crippen LogP contribution in [0.4, 0.5) is 10.5 Å². The highest BCUT2D eigenvalue weighted by Crippen LogP contribution is 2.15. The molecule has 5 nitrogen and oxygen atoms in total. The first-order valence-corrected chi connectivity index (χ1v) is 7.52. The number of carbonyl (C=O) groups is 2. The number of benzene rings is 1. The van der Waals surface area contributed by atoms with E-state index in [2.05, 4.69) is 5.32 Å². The predicted molar refractivity (Wildman–Crippen MR) is 81.5 cm³/mol. The van der Waals surface area contributed by atoms with Crippen molar-refractivity contribution in [2.45, 2.75) is 38.5 Å². The standard InChI is InChI=1S/C16H22N2O3/c19-15(20)9-8-13-6-5-7-14(12-13)17-16(21)18-10-3-1-2-4-11-18/h5-7,12H,1-4,8-11H2,(H,17,21)(H,19,20). The number of nitrogens with zero attached hydrogens (tertiary/aromatic N) is 1. The highest BCUT2D eigenvalue weighted by Gasteiger charge is 2.15. The van der Waals surface area contributed by atoms with E-state index in [0.717, 1.165) is 37.2 Å². The smallest absolute Gasteiger partial charge is 0.321 e. The molecular formula is C16H22N2O3. The van der Waals surface area contributed by atoms with Crippen molar-refractivity contribution in [3.63, 3.8) is 0 Å². The van der Waals surface area contributed by atoms with Crippen molar-refractivity contribution in [1.29, 1.82) is 0 Å². The summed E-state index contributed by atoms with van der Waals surface area (Å²) in [7, 11) is 0. The molecule has 21 heavy (non-hydrogen) atoms. The van der Waals surface area contributed by atoms with Gasteiger partial charge in [0.1, 0.15) is 0 Å². The van der Waals surface area contributed by atoms with E-state index < -0.39 is 5.97 Å². The molecule has 5 heteroatoms. The van der Waals surface area contributed by atoms with Gasteiger partial charge < -0.3 is 15.3 Å². The number of carbonyl (C=O) groups excluding carboxylic acids is 1. The molecular weight excluding hydrogens is 268 g/mol. The maximum absolute atomic E-state index is 12.2. The van der Waals surface area contributed by atoms with Crippen molar-refractivity contribution in [3.8, 4) is 0 Å². The zero-order chi connectivity index (χ0) is 15.1. The van der Waals surface area contributed by atoms with Crippen LogP contribution in [0.2, 0.25) is 0 Å². The largest absolute Gasteiger partial charge is 0.481 e. The molecule has 0 aliphatic carbocycles. The first kappa shape index (κ1) is 15.4. The van der Waals surface area contributed by atoms with Crippen LogP contribution in [0.25, 0.3) is 0 Å². The highest BCUT2D eigenvalue weighted by molar-refractivity contribution is 5.89. The van der Waals surface area contributed by atoms with Crippen LogP contribution < -0.4 is 5.32 Å². The lowest BCUT2D eigenvalue weighted by Gasteiger charge is -2.21. The maximum Gasteiger partial charge on any atom is 0.321 e. The number of aliphatic carboxylic acids is 1. The average Bonchev–Trinajstić information content (AvgIpc) is 2.74. The van der Waals surface area contributed by atoms with E-state index in [-0.39, 0.29) is 12.5 Å². The Kier molecular flexibility index (Phi) is 5.60. The Hall–Kier alpha value is -2.04. The lowest BCUT2D eigenvalue weighted by molar-refractivity contribution is -0.136. The van der Waals surface area contributed by atoms with Gasteiger partial charge in [-0.05, 0) is 37.0 Å². The van der Waals surface area contributed by atoms with Gasteiger partial charge in [-0.2, -0.15) is 0 Å². The van der Waals surface area contributed by atoms with E-state index in [1.165, 1.54) is 12.8 Å². The number of hydrogen-bond acceptors (Lipinski definition) is 2. The quantitative estimate of drug-likeness (QED) is 0.895. The Morgan fingerprint density at radius 2 is 1.86 bits per heavy atom. The predicted octanol–water partition coefficient (Wildman–Crippen LogP) is 3.11. The van der Waals surface area contributed by atoms with Crippen LogP contribution in [0.5, 0.6) is 0 Å². The number of amides is 2. The molecule has 0 radical (unpaired) electrons. The summed E-state index contributed by atoms with van der Waals surface area (Å²) in [4.78, 5) is 24.7. The van der Waals surface area contributed by atoms with Crippen LogP contribution >= 0.6 is 0 Å². The SMILES string of the molecule is O=C(O)CCc1cccc(NC(=O)N2CCCCCC2)c1. The second kappa shape index (κ2) is 7.67. The molecule has 0 saturated carbocycles. The fourth-order valence-electron chi connectivity index (χ4n) is 2.53. The zero-order valence-electron chi connectivity index (χ0n) is 12.2. The lowest BCUT2D eigenvalue weighted by atomic mass is 10.1. The number of rotatable bonds is 4. The number of urea groups is 1. The first-order valence-electron chi connectivity index (χ1n) is 7.52. The van der Waals surface area contributed by atoms with Crippen LogP contribution in [-0.4, -0.2) is 35.1 Å². The summed E-state index contributed by atoms with van der Waals surface area (Å²) in [6.45, 7) is 1.62. The third kappa shape index (κ3) is 5.10. The molecule has 0 bridgehead atoms. The van der Waals surface area contributed by atoms with E-state index in [1.807, 2.05) is 29.2 Å². The van der Waals surface area contributed by atoms with Gasteiger partial charge in [0.25, 0.3) is 0 Å². The second-order valence-electron chi connectivity index (χ2n) is 5.43. The molecule has 1 fully saturated rings. The number of carboxylic acids is 1. The van der Waals surface area contributed by atoms with Crippen LogP contribution in [-0.2, 0) is 11.2 Å². The fourth-order valence-corrected chi connectivity index (χ4v) is 2.53. The zero-order valence-corrected chi connectivity index (χ0v) is 12.2. The number of nitrogens with one attached hydrogen (secondary N) is 1. The van der Waals surface area contributed by atoms with Gasteiger partial charge in [0.2, 0.25) is 0 Å². The van der Waals surface area contributed by atoms with Gasteiger partial charge in [0.15, 0.2) is 0 Å². The maximum atomic E-state index is 12.2. The Labute approximate surface area is 125 Å². The molecule has 1 aromatic carbocycles. The number of carboxylic acid groups (broad SMARTS) is 1. The molecule has 0 aromatic heterocycles. The van der Waals surface area contributed by atoms with Crippen molar-refractivity contribution in [2.75, 3.05) is 18.4 Å². The van der Waals surface area contributed by atoms with Gasteiger partial charge in [0.05, 0.1) is 0 Å². The van der Waals surface area contributed by atoms with Crippen molar-refractivity contribution in [3.05, 3.63) is 29.8 Å². The Balaban J connectivity index is 1.93. The Morgan fingerprint density at radius 3 is 2.52 bits per heavy atom. The minimum atomic E-state index is -0.811. The van der Waals surface area contributed by atoms with Crippen molar-refractivity contribution in [1.82, 2.24) is 4.90 Å². The third-order valence-electron chi connectivity index (χ3n) is 3.70. The van der Waals surface area contributed by atoms with Crippen LogP contribution in [0, 0.1) is 0 Å². The van der Waals surface area contributed by atoms with Crippen molar-refractivity contribution in [2.24, 2.45) is 0 Å². The van der Waals surface area contributed by atoms with Gasteiger partial charge in [-0.25, -0.2) is 4.79 Å². The van der Waals surface area contributed by atoms with Crippen molar-refractivity contribution < 1.29 is 14.7 Å². The molecule has 2 amide bonds. The molecule has 2 N–H and O–H groups in total. The molecule has 1 aliphatic rings. The fraction of sp³-hybridized carbons (Fsp3) is 0.500. The van der Waals surface area contributed by atoms with Gasteiger partial charge in [-0.15, -0.1) is 0 Å². The number of anilines is 1. The number of hydrogen-bond donors (Lipinski definition) is 2. The highest BCUT2D eigenvalue weighted by atomic mass is 16.4. The van der Waals surface area contributed by atoms with E-state index in [4.69, 9.17) is 5.11 Å². The van der Waals surface area contributed by atoms with Crippen molar-refractivity contribution >= 4 is 17.7 Å².